The van der Waals surface area contributed by atoms with E-state index >= 15 is 0 Å². The minimum Gasteiger partial charge on any atom is -0.485 e. The van der Waals surface area contributed by atoms with Gasteiger partial charge in [0.2, 0.25) is 0 Å². The Kier molecular flexibility index (Phi) is 4.46. The van der Waals surface area contributed by atoms with Gasteiger partial charge in [0.1, 0.15) is 0 Å². The Balaban J connectivity index is 1.73. The molecular formula is C20H21N5O3. The van der Waals surface area contributed by atoms with E-state index in [2.05, 4.69) is 15.2 Å². The monoisotopic (exact) mass is 379 g/mol. The van der Waals surface area contributed by atoms with Crippen LogP contribution in [-0.2, 0) is 6.54 Å². The fourth-order valence-electron chi connectivity index (χ4n) is 3.31. The van der Waals surface area contributed by atoms with Crippen LogP contribution in [0.4, 0.5) is 5.69 Å². The number of H-pyrrole nitrogens is 1. The molecule has 0 fully saturated rings. The number of nitrogens with one attached hydrogen (secondary N) is 1. The van der Waals surface area contributed by atoms with Crippen LogP contribution in [0.5, 0.6) is 11.6 Å². The Labute approximate surface area is 162 Å². The van der Waals surface area contributed by atoms with E-state index in [-0.39, 0.29) is 12.0 Å². The average molecular weight is 379 g/mol. The van der Waals surface area contributed by atoms with Crippen molar-refractivity contribution in [3.63, 3.8) is 0 Å². The van der Waals surface area contributed by atoms with Crippen LogP contribution in [0.3, 0.4) is 0 Å². The smallest absolute Gasteiger partial charge is 0.260 e. The lowest BCUT2D eigenvalue weighted by Gasteiger charge is -2.14. The Morgan fingerprint density at radius 1 is 1.25 bits per heavy atom. The van der Waals surface area contributed by atoms with Crippen molar-refractivity contribution in [1.29, 1.82) is 0 Å². The third kappa shape index (κ3) is 3.06. The van der Waals surface area contributed by atoms with E-state index in [9.17, 15) is 4.79 Å². The van der Waals surface area contributed by atoms with E-state index in [1.807, 2.05) is 32.9 Å². The number of aryl methyl sites for hydroxylation is 1. The normalized spacial score (nSPS) is 13.2. The number of amides is 1. The molecule has 0 unspecified atom stereocenters. The first kappa shape index (κ1) is 18.0. The molecule has 0 aromatic carbocycles. The molecule has 1 N–H and O–H groups in total. The maximum Gasteiger partial charge on any atom is 0.260 e. The number of aromatic nitrogens is 4. The Bertz CT molecular complexity index is 1030. The second-order valence-electron chi connectivity index (χ2n) is 6.89. The highest BCUT2D eigenvalue weighted by Crippen LogP contribution is 2.34. The summed E-state index contributed by atoms with van der Waals surface area (Å²) < 4.78 is 11.1. The Hall–Kier alpha value is -3.42. The lowest BCUT2D eigenvalue weighted by atomic mass is 10.0. The van der Waals surface area contributed by atoms with Crippen molar-refractivity contribution in [3.8, 4) is 22.9 Å². The molecule has 1 aliphatic rings. The van der Waals surface area contributed by atoms with Gasteiger partial charge in [0, 0.05) is 18.0 Å². The summed E-state index contributed by atoms with van der Waals surface area (Å²) in [6.07, 6.45) is 5.01. The zero-order valence-corrected chi connectivity index (χ0v) is 16.2. The lowest BCUT2D eigenvalue weighted by molar-refractivity contribution is 0.0996. The van der Waals surface area contributed by atoms with Crippen LogP contribution in [-0.4, -0.2) is 39.3 Å². The maximum absolute atomic E-state index is 12.8. The topological polar surface area (TPSA) is 93.2 Å². The minimum absolute atomic E-state index is 0.0122. The van der Waals surface area contributed by atoms with E-state index in [0.717, 1.165) is 28.2 Å². The molecule has 0 saturated heterocycles. The second kappa shape index (κ2) is 6.95. The maximum atomic E-state index is 12.8. The van der Waals surface area contributed by atoms with Crippen molar-refractivity contribution in [2.75, 3.05) is 12.0 Å². The molecule has 1 amide bonds. The minimum atomic E-state index is -0.0652. The number of carbonyl (C=O) groups is 1. The molecule has 3 aromatic heterocycles. The summed E-state index contributed by atoms with van der Waals surface area (Å²) in [6, 6.07) is 3.77. The van der Waals surface area contributed by atoms with Crippen LogP contribution >= 0.6 is 0 Å². The average Bonchev–Trinajstić information content (AvgIpc) is 3.29. The summed E-state index contributed by atoms with van der Waals surface area (Å²) in [5, 5.41) is 6.67. The van der Waals surface area contributed by atoms with E-state index in [1.165, 1.54) is 0 Å². The van der Waals surface area contributed by atoms with Gasteiger partial charge in [0.05, 0.1) is 48.6 Å². The van der Waals surface area contributed by atoms with E-state index in [0.29, 0.717) is 23.7 Å². The highest BCUT2D eigenvalue weighted by Gasteiger charge is 2.32. The fourth-order valence-corrected chi connectivity index (χ4v) is 3.31. The summed E-state index contributed by atoms with van der Waals surface area (Å²) in [6.45, 7) is 6.21. The molecule has 8 nitrogen and oxygen atoms in total. The zero-order chi connectivity index (χ0) is 19.8. The van der Waals surface area contributed by atoms with Crippen LogP contribution in [0.1, 0.15) is 35.5 Å². The molecule has 4 heterocycles. The molecule has 0 spiro atoms. The van der Waals surface area contributed by atoms with Crippen molar-refractivity contribution >= 4 is 11.6 Å². The largest absolute Gasteiger partial charge is 0.485 e. The number of rotatable bonds is 5. The molecule has 1 aliphatic heterocycles. The molecular weight excluding hydrogens is 358 g/mol. The van der Waals surface area contributed by atoms with Crippen LogP contribution in [0.2, 0.25) is 0 Å². The first-order valence-corrected chi connectivity index (χ1v) is 9.00. The number of nitrogens with zero attached hydrogens (tertiary/aromatic N) is 4. The molecule has 8 heteroatoms. The number of ether oxygens (including phenoxy) is 2. The highest BCUT2D eigenvalue weighted by molar-refractivity contribution is 6.10. The van der Waals surface area contributed by atoms with Crippen LogP contribution in [0.15, 0.2) is 30.7 Å². The molecule has 28 heavy (non-hydrogen) atoms. The molecule has 3 aromatic rings. The van der Waals surface area contributed by atoms with Gasteiger partial charge >= 0.3 is 0 Å². The molecule has 0 saturated carbocycles. The van der Waals surface area contributed by atoms with Gasteiger partial charge in [0.25, 0.3) is 11.8 Å². The van der Waals surface area contributed by atoms with Crippen molar-refractivity contribution < 1.29 is 14.3 Å². The van der Waals surface area contributed by atoms with Gasteiger partial charge in [-0.2, -0.15) is 5.10 Å². The molecule has 0 radical (unpaired) electrons. The van der Waals surface area contributed by atoms with Gasteiger partial charge in [-0.1, -0.05) is 0 Å². The van der Waals surface area contributed by atoms with Gasteiger partial charge in [-0.05, 0) is 38.5 Å². The Morgan fingerprint density at radius 2 is 2.07 bits per heavy atom. The predicted octanol–water partition coefficient (Wildman–Crippen LogP) is 3.13. The summed E-state index contributed by atoms with van der Waals surface area (Å²) in [5.74, 6) is 0.923. The number of pyridine rings is 2. The number of carbonyl (C=O) groups excluding carboxylic acids is 1. The molecule has 4 rings (SSSR count). The first-order chi connectivity index (χ1) is 13.5. The van der Waals surface area contributed by atoms with Crippen LogP contribution < -0.4 is 14.4 Å². The van der Waals surface area contributed by atoms with E-state index < -0.39 is 0 Å². The lowest BCUT2D eigenvalue weighted by Crippen LogP contribution is -2.22. The van der Waals surface area contributed by atoms with Crippen LogP contribution in [0.25, 0.3) is 11.3 Å². The number of anilines is 1. The second-order valence-corrected chi connectivity index (χ2v) is 6.89. The quantitative estimate of drug-likeness (QED) is 0.732. The van der Waals surface area contributed by atoms with E-state index in [4.69, 9.17) is 14.5 Å². The number of methoxy groups -OCH3 is 1. The molecule has 0 atom stereocenters. The predicted molar refractivity (Wildman–Crippen MR) is 104 cm³/mol. The van der Waals surface area contributed by atoms with Gasteiger partial charge in [-0.25, -0.2) is 4.98 Å². The highest BCUT2D eigenvalue weighted by atomic mass is 16.5. The SMILES string of the molecule is COc1ncc(-c2cc(C)c3c(n2)CN(c2cn[nH]c2)C3=O)cc1OC(C)C. The molecule has 0 bridgehead atoms. The summed E-state index contributed by atoms with van der Waals surface area (Å²) in [5.41, 5.74) is 4.52. The summed E-state index contributed by atoms with van der Waals surface area (Å²) in [7, 11) is 1.56. The third-order valence-corrected chi connectivity index (χ3v) is 4.52. The molecule has 0 aliphatic carbocycles. The first-order valence-electron chi connectivity index (χ1n) is 9.00. The van der Waals surface area contributed by atoms with Crippen molar-refractivity contribution in [3.05, 3.63) is 47.5 Å². The number of hydrogen-bond acceptors (Lipinski definition) is 6. The number of hydrogen-bond donors (Lipinski definition) is 1. The van der Waals surface area contributed by atoms with Gasteiger partial charge in [-0.3, -0.25) is 19.8 Å². The van der Waals surface area contributed by atoms with Gasteiger partial charge in [-0.15, -0.1) is 0 Å². The van der Waals surface area contributed by atoms with Crippen LogP contribution in [0, 0.1) is 6.92 Å². The van der Waals surface area contributed by atoms with Gasteiger partial charge in [0.15, 0.2) is 5.75 Å². The Morgan fingerprint density at radius 3 is 2.75 bits per heavy atom. The van der Waals surface area contributed by atoms with Crippen molar-refractivity contribution in [1.82, 2.24) is 20.2 Å². The van der Waals surface area contributed by atoms with Crippen molar-refractivity contribution in [2.45, 2.75) is 33.4 Å². The zero-order valence-electron chi connectivity index (χ0n) is 16.2. The molecule has 144 valence electrons. The van der Waals surface area contributed by atoms with Gasteiger partial charge < -0.3 is 9.47 Å². The van der Waals surface area contributed by atoms with Crippen molar-refractivity contribution in [2.24, 2.45) is 0 Å². The van der Waals surface area contributed by atoms with E-state index in [1.54, 1.807) is 30.6 Å². The third-order valence-electron chi connectivity index (χ3n) is 4.52. The fraction of sp³-hybridized carbons (Fsp3) is 0.300. The number of fused-ring (bicyclic) bond motifs is 1. The summed E-state index contributed by atoms with van der Waals surface area (Å²) in [4.78, 5) is 23.6. The summed E-state index contributed by atoms with van der Waals surface area (Å²) >= 11 is 0. The standard InChI is InChI=1S/C20H21N5O3/c1-11(2)28-17-6-13(7-21-19(17)27-4)15-5-12(3)18-16(24-15)10-25(20(18)26)14-8-22-23-9-14/h5-9,11H,10H2,1-4H3,(H,22,23). The number of aromatic amines is 1.